The third-order valence-corrected chi connectivity index (χ3v) is 6.29. The highest BCUT2D eigenvalue weighted by atomic mass is 32.2. The predicted molar refractivity (Wildman–Crippen MR) is 87.1 cm³/mol. The molecule has 4 nitrogen and oxygen atoms in total. The van der Waals surface area contributed by atoms with Gasteiger partial charge in [0, 0.05) is 13.1 Å². The van der Waals surface area contributed by atoms with E-state index in [0.29, 0.717) is 19.5 Å². The third kappa shape index (κ3) is 3.24. The number of rotatable bonds is 2. The molecule has 22 heavy (non-hydrogen) atoms. The van der Waals surface area contributed by atoms with E-state index in [1.807, 2.05) is 0 Å². The summed E-state index contributed by atoms with van der Waals surface area (Å²) in [5.74, 6) is -0.155. The second-order valence-corrected chi connectivity index (χ2v) is 8.46. The largest absolute Gasteiger partial charge is 0.338 e. The van der Waals surface area contributed by atoms with Crippen LogP contribution in [0.5, 0.6) is 0 Å². The maximum Gasteiger partial charge on any atom is 0.227 e. The molecular weight excluding hydrogens is 298 g/mol. The number of hydrogen-bond acceptors (Lipinski definition) is 3. The molecule has 2 aliphatic rings. The first-order valence-corrected chi connectivity index (χ1v) is 9.52. The van der Waals surface area contributed by atoms with Gasteiger partial charge in [-0.25, -0.2) is 8.42 Å². The minimum Gasteiger partial charge on any atom is -0.338 e. The summed E-state index contributed by atoms with van der Waals surface area (Å²) in [5.41, 5.74) is 3.71. The Balaban J connectivity index is 1.66. The summed E-state index contributed by atoms with van der Waals surface area (Å²) in [7, 11) is -3.00. The van der Waals surface area contributed by atoms with Crippen LogP contribution in [0.25, 0.3) is 5.57 Å². The van der Waals surface area contributed by atoms with E-state index in [4.69, 9.17) is 0 Å². The van der Waals surface area contributed by atoms with E-state index in [9.17, 15) is 13.2 Å². The van der Waals surface area contributed by atoms with Crippen LogP contribution < -0.4 is 0 Å². The molecule has 0 radical (unpaired) electrons. The second kappa shape index (κ2) is 5.88. The van der Waals surface area contributed by atoms with Gasteiger partial charge in [0.2, 0.25) is 5.91 Å². The molecule has 1 aromatic carbocycles. The number of nitrogens with zero attached hydrogens (tertiary/aromatic N) is 1. The van der Waals surface area contributed by atoms with E-state index in [-0.39, 0.29) is 23.3 Å². The number of carbonyl (C=O) groups excluding carboxylic acids is 1. The average Bonchev–Trinajstić information content (AvgIpc) is 2.88. The fourth-order valence-corrected chi connectivity index (χ4v) is 4.88. The Morgan fingerprint density at radius 1 is 1.23 bits per heavy atom. The quantitative estimate of drug-likeness (QED) is 0.838. The molecule has 0 aromatic heterocycles. The van der Waals surface area contributed by atoms with Crippen LogP contribution in [-0.4, -0.2) is 43.8 Å². The van der Waals surface area contributed by atoms with E-state index < -0.39 is 9.84 Å². The zero-order chi connectivity index (χ0) is 15.7. The Morgan fingerprint density at radius 3 is 2.50 bits per heavy atom. The first-order valence-electron chi connectivity index (χ1n) is 7.70. The Hall–Kier alpha value is -1.62. The number of sulfone groups is 1. The van der Waals surface area contributed by atoms with Crippen LogP contribution in [-0.2, 0) is 14.6 Å². The topological polar surface area (TPSA) is 54.5 Å². The van der Waals surface area contributed by atoms with Gasteiger partial charge in [0.25, 0.3) is 0 Å². The lowest BCUT2D eigenvalue weighted by Gasteiger charge is -2.28. The molecule has 1 aromatic rings. The van der Waals surface area contributed by atoms with Crippen molar-refractivity contribution in [1.82, 2.24) is 4.90 Å². The fraction of sp³-hybridized carbons (Fsp3) is 0.471. The van der Waals surface area contributed by atoms with E-state index in [2.05, 4.69) is 37.3 Å². The lowest BCUT2D eigenvalue weighted by molar-refractivity contribution is -0.134. The average molecular weight is 319 g/mol. The van der Waals surface area contributed by atoms with Gasteiger partial charge in [-0.1, -0.05) is 35.9 Å². The second-order valence-electron chi connectivity index (χ2n) is 6.23. The van der Waals surface area contributed by atoms with Gasteiger partial charge in [0.1, 0.15) is 0 Å². The lowest BCUT2D eigenvalue weighted by Crippen LogP contribution is -2.39. The first kappa shape index (κ1) is 15.3. The van der Waals surface area contributed by atoms with Gasteiger partial charge in [-0.05, 0) is 30.9 Å². The number of benzene rings is 1. The Bertz CT molecular complexity index is 704. The Morgan fingerprint density at radius 2 is 1.95 bits per heavy atom. The number of hydrogen-bond donors (Lipinski definition) is 0. The maximum atomic E-state index is 12.4. The summed E-state index contributed by atoms with van der Waals surface area (Å²) >= 11 is 0. The molecule has 5 heteroatoms. The molecular formula is C17H21NO3S. The molecule has 0 N–H and O–H groups in total. The minimum absolute atomic E-state index is 0.000260. The Kier molecular flexibility index (Phi) is 4.08. The van der Waals surface area contributed by atoms with Crippen molar-refractivity contribution in [2.24, 2.45) is 5.92 Å². The van der Waals surface area contributed by atoms with Gasteiger partial charge < -0.3 is 4.90 Å². The molecule has 1 atom stereocenters. The van der Waals surface area contributed by atoms with Gasteiger partial charge >= 0.3 is 0 Å². The molecule has 118 valence electrons. The predicted octanol–water partition coefficient (Wildman–Crippen LogP) is 2.05. The lowest BCUT2D eigenvalue weighted by atomic mass is 9.97. The van der Waals surface area contributed by atoms with Crippen molar-refractivity contribution in [3.05, 3.63) is 41.5 Å². The van der Waals surface area contributed by atoms with E-state index >= 15 is 0 Å². The summed E-state index contributed by atoms with van der Waals surface area (Å²) in [4.78, 5) is 14.2. The smallest absolute Gasteiger partial charge is 0.227 e. The van der Waals surface area contributed by atoms with Crippen LogP contribution in [0.3, 0.4) is 0 Å². The summed E-state index contributed by atoms with van der Waals surface area (Å²) in [6, 6.07) is 8.42. The molecule has 0 aliphatic carbocycles. The van der Waals surface area contributed by atoms with Crippen molar-refractivity contribution < 1.29 is 13.2 Å². The standard InChI is InChI=1S/C17H21NO3S/c1-13-2-4-14(5-3-13)15-6-9-18(10-7-15)17(19)16-8-11-22(20,21)12-16/h2-6,16H,7-12H2,1H3. The van der Waals surface area contributed by atoms with Crippen LogP contribution in [0.1, 0.15) is 24.0 Å². The maximum absolute atomic E-state index is 12.4. The highest BCUT2D eigenvalue weighted by Crippen LogP contribution is 2.26. The number of amides is 1. The number of carbonyl (C=O) groups is 1. The van der Waals surface area contributed by atoms with Crippen LogP contribution in [0.4, 0.5) is 0 Å². The Labute approximate surface area is 131 Å². The highest BCUT2D eigenvalue weighted by molar-refractivity contribution is 7.91. The summed E-state index contributed by atoms with van der Waals surface area (Å²) < 4.78 is 23.0. The molecule has 1 saturated heterocycles. The molecule has 3 rings (SSSR count). The van der Waals surface area contributed by atoms with Gasteiger partial charge in [-0.3, -0.25) is 4.79 Å². The summed E-state index contributed by atoms with van der Waals surface area (Å²) in [6.45, 7) is 3.32. The van der Waals surface area contributed by atoms with Gasteiger partial charge in [0.05, 0.1) is 17.4 Å². The monoisotopic (exact) mass is 319 g/mol. The SMILES string of the molecule is Cc1ccc(C2=CCN(C(=O)C3CCS(=O)(=O)C3)CC2)cc1. The first-order chi connectivity index (χ1) is 10.4. The van der Waals surface area contributed by atoms with Crippen LogP contribution in [0, 0.1) is 12.8 Å². The molecule has 1 amide bonds. The van der Waals surface area contributed by atoms with Crippen molar-refractivity contribution in [2.75, 3.05) is 24.6 Å². The zero-order valence-corrected chi connectivity index (χ0v) is 13.6. The third-order valence-electron chi connectivity index (χ3n) is 4.52. The van der Waals surface area contributed by atoms with Crippen molar-refractivity contribution in [3.63, 3.8) is 0 Å². The zero-order valence-electron chi connectivity index (χ0n) is 12.8. The van der Waals surface area contributed by atoms with Gasteiger partial charge in [-0.15, -0.1) is 0 Å². The molecule has 1 unspecified atom stereocenters. The molecule has 0 spiro atoms. The van der Waals surface area contributed by atoms with Gasteiger partial charge in [0.15, 0.2) is 9.84 Å². The van der Waals surface area contributed by atoms with Crippen LogP contribution >= 0.6 is 0 Å². The van der Waals surface area contributed by atoms with Crippen LogP contribution in [0.2, 0.25) is 0 Å². The normalized spacial score (nSPS) is 24.1. The van der Waals surface area contributed by atoms with Crippen molar-refractivity contribution >= 4 is 21.3 Å². The molecule has 0 saturated carbocycles. The summed E-state index contributed by atoms with van der Waals surface area (Å²) in [6.07, 6.45) is 3.40. The molecule has 2 aliphatic heterocycles. The van der Waals surface area contributed by atoms with E-state index in [0.717, 1.165) is 6.42 Å². The molecule has 1 fully saturated rings. The van der Waals surface area contributed by atoms with Crippen molar-refractivity contribution in [2.45, 2.75) is 19.8 Å². The van der Waals surface area contributed by atoms with Crippen LogP contribution in [0.15, 0.2) is 30.3 Å². The molecule has 2 heterocycles. The molecule has 0 bridgehead atoms. The van der Waals surface area contributed by atoms with E-state index in [1.54, 1.807) is 4.90 Å². The highest BCUT2D eigenvalue weighted by Gasteiger charge is 2.35. The van der Waals surface area contributed by atoms with E-state index in [1.165, 1.54) is 16.7 Å². The summed E-state index contributed by atoms with van der Waals surface area (Å²) in [5, 5.41) is 0. The van der Waals surface area contributed by atoms with Gasteiger partial charge in [-0.2, -0.15) is 0 Å². The number of aryl methyl sites for hydroxylation is 1. The fourth-order valence-electron chi connectivity index (χ4n) is 3.15. The minimum atomic E-state index is -3.00. The van der Waals surface area contributed by atoms with Crippen molar-refractivity contribution in [3.8, 4) is 0 Å². The van der Waals surface area contributed by atoms with Crippen molar-refractivity contribution in [1.29, 1.82) is 0 Å².